The van der Waals surface area contributed by atoms with Crippen molar-refractivity contribution in [3.05, 3.63) is 35.9 Å². The summed E-state index contributed by atoms with van der Waals surface area (Å²) < 4.78 is 5.63. The molecule has 2 atom stereocenters. The van der Waals surface area contributed by atoms with Crippen molar-refractivity contribution in [2.75, 3.05) is 6.61 Å². The Morgan fingerprint density at radius 1 is 1.35 bits per heavy atom. The Hall–Kier alpha value is -1.37. The van der Waals surface area contributed by atoms with Gasteiger partial charge in [-0.15, -0.1) is 0 Å². The van der Waals surface area contributed by atoms with Gasteiger partial charge in [-0.25, -0.2) is 0 Å². The zero-order valence-electron chi connectivity index (χ0n) is 9.93. The molecule has 1 N–H and O–H groups in total. The predicted octanol–water partition coefficient (Wildman–Crippen LogP) is 2.24. The fourth-order valence-corrected chi connectivity index (χ4v) is 2.11. The summed E-state index contributed by atoms with van der Waals surface area (Å²) in [6.07, 6.45) is 3.32. The summed E-state index contributed by atoms with van der Waals surface area (Å²) in [4.78, 5) is 0. The number of rotatable bonds is 4. The molecule has 1 aliphatic heterocycles. The molecule has 0 aliphatic carbocycles. The van der Waals surface area contributed by atoms with Gasteiger partial charge in [0.05, 0.1) is 12.2 Å². The zero-order chi connectivity index (χ0) is 11.9. The average molecular weight is 230 g/mol. The summed E-state index contributed by atoms with van der Waals surface area (Å²) in [6.45, 7) is 1.51. The third kappa shape index (κ3) is 3.55. The molecule has 1 fully saturated rings. The zero-order valence-corrected chi connectivity index (χ0v) is 9.93. The van der Waals surface area contributed by atoms with E-state index in [9.17, 15) is 0 Å². The molecular formula is C14H18N2O. The quantitative estimate of drug-likeness (QED) is 0.862. The van der Waals surface area contributed by atoms with E-state index in [4.69, 9.17) is 10.00 Å². The van der Waals surface area contributed by atoms with E-state index in [0.29, 0.717) is 0 Å². The highest BCUT2D eigenvalue weighted by atomic mass is 16.5. The van der Waals surface area contributed by atoms with Crippen molar-refractivity contribution >= 4 is 0 Å². The molecule has 3 nitrogen and oxygen atoms in total. The number of nitriles is 1. The fraction of sp³-hybridized carbons (Fsp3) is 0.500. The van der Waals surface area contributed by atoms with Crippen molar-refractivity contribution in [2.45, 2.75) is 38.0 Å². The molecule has 1 heterocycles. The van der Waals surface area contributed by atoms with E-state index in [0.717, 1.165) is 32.4 Å². The highest BCUT2D eigenvalue weighted by Crippen LogP contribution is 2.16. The Morgan fingerprint density at radius 2 is 2.18 bits per heavy atom. The topological polar surface area (TPSA) is 45.0 Å². The first-order valence-corrected chi connectivity index (χ1v) is 6.18. The van der Waals surface area contributed by atoms with Gasteiger partial charge in [-0.2, -0.15) is 5.26 Å². The molecule has 1 aromatic rings. The Labute approximate surface area is 102 Å². The number of nitrogens with one attached hydrogen (secondary N) is 1. The lowest BCUT2D eigenvalue weighted by atomic mass is 10.0. The van der Waals surface area contributed by atoms with E-state index in [2.05, 4.69) is 23.5 Å². The van der Waals surface area contributed by atoms with Gasteiger partial charge in [0.25, 0.3) is 0 Å². The standard InChI is InChI=1S/C14H18N2O/c15-10-13(14-8-4-5-9-17-14)16-11-12-6-2-1-3-7-12/h1-3,6-7,13-14,16H,4-5,8-9,11H2. The smallest absolute Gasteiger partial charge is 0.122 e. The van der Waals surface area contributed by atoms with Crippen LogP contribution in [0.2, 0.25) is 0 Å². The van der Waals surface area contributed by atoms with Gasteiger partial charge in [0, 0.05) is 13.2 Å². The van der Waals surface area contributed by atoms with Crippen LogP contribution >= 0.6 is 0 Å². The monoisotopic (exact) mass is 230 g/mol. The number of nitrogens with zero attached hydrogens (tertiary/aromatic N) is 1. The van der Waals surface area contributed by atoms with Crippen LogP contribution in [0.3, 0.4) is 0 Å². The molecule has 90 valence electrons. The van der Waals surface area contributed by atoms with E-state index in [1.807, 2.05) is 18.2 Å². The van der Waals surface area contributed by atoms with Crippen LogP contribution in [0.4, 0.5) is 0 Å². The number of benzene rings is 1. The summed E-state index contributed by atoms with van der Waals surface area (Å²) in [5, 5.41) is 12.4. The third-order valence-electron chi connectivity index (χ3n) is 3.09. The lowest BCUT2D eigenvalue weighted by Gasteiger charge is -2.27. The highest BCUT2D eigenvalue weighted by molar-refractivity contribution is 5.15. The third-order valence-corrected chi connectivity index (χ3v) is 3.09. The summed E-state index contributed by atoms with van der Waals surface area (Å²) in [5.74, 6) is 0. The van der Waals surface area contributed by atoms with Crippen molar-refractivity contribution in [3.8, 4) is 6.07 Å². The van der Waals surface area contributed by atoms with Crippen LogP contribution in [-0.4, -0.2) is 18.8 Å². The number of ether oxygens (including phenoxy) is 1. The molecule has 0 spiro atoms. The van der Waals surface area contributed by atoms with Crippen LogP contribution < -0.4 is 5.32 Å². The van der Waals surface area contributed by atoms with E-state index >= 15 is 0 Å². The van der Waals surface area contributed by atoms with Gasteiger partial charge in [0.2, 0.25) is 0 Å². The molecule has 3 heteroatoms. The minimum atomic E-state index is -0.199. The van der Waals surface area contributed by atoms with E-state index in [1.165, 1.54) is 5.56 Å². The molecule has 2 unspecified atom stereocenters. The predicted molar refractivity (Wildman–Crippen MR) is 66.3 cm³/mol. The van der Waals surface area contributed by atoms with Crippen molar-refractivity contribution in [2.24, 2.45) is 0 Å². The normalized spacial score (nSPS) is 21.7. The van der Waals surface area contributed by atoms with Gasteiger partial charge in [0.1, 0.15) is 6.04 Å². The second-order valence-corrected chi connectivity index (χ2v) is 4.38. The Bertz CT molecular complexity index is 366. The highest BCUT2D eigenvalue weighted by Gasteiger charge is 2.23. The SMILES string of the molecule is N#CC(NCc1ccccc1)C1CCCCO1. The largest absolute Gasteiger partial charge is 0.375 e. The maximum Gasteiger partial charge on any atom is 0.122 e. The van der Waals surface area contributed by atoms with Crippen LogP contribution in [0.5, 0.6) is 0 Å². The lowest BCUT2D eigenvalue weighted by molar-refractivity contribution is 0.00334. The minimum absolute atomic E-state index is 0.0532. The Morgan fingerprint density at radius 3 is 2.82 bits per heavy atom. The van der Waals surface area contributed by atoms with Gasteiger partial charge in [-0.05, 0) is 24.8 Å². The number of hydrogen-bond acceptors (Lipinski definition) is 3. The maximum atomic E-state index is 9.16. The van der Waals surface area contributed by atoms with Gasteiger partial charge in [0.15, 0.2) is 0 Å². The first-order valence-electron chi connectivity index (χ1n) is 6.18. The molecule has 0 bridgehead atoms. The van der Waals surface area contributed by atoms with E-state index in [-0.39, 0.29) is 12.1 Å². The van der Waals surface area contributed by atoms with E-state index < -0.39 is 0 Å². The van der Waals surface area contributed by atoms with Crippen LogP contribution in [0, 0.1) is 11.3 Å². The molecular weight excluding hydrogens is 212 g/mol. The van der Waals surface area contributed by atoms with Crippen LogP contribution in [-0.2, 0) is 11.3 Å². The number of hydrogen-bond donors (Lipinski definition) is 1. The van der Waals surface area contributed by atoms with Crippen LogP contribution in [0.25, 0.3) is 0 Å². The molecule has 1 aromatic carbocycles. The molecule has 1 aliphatic rings. The molecule has 0 amide bonds. The summed E-state index contributed by atoms with van der Waals surface area (Å²) >= 11 is 0. The van der Waals surface area contributed by atoms with E-state index in [1.54, 1.807) is 0 Å². The lowest BCUT2D eigenvalue weighted by Crippen LogP contribution is -2.41. The van der Waals surface area contributed by atoms with Crippen molar-refractivity contribution in [1.82, 2.24) is 5.32 Å². The second-order valence-electron chi connectivity index (χ2n) is 4.38. The van der Waals surface area contributed by atoms with Crippen molar-refractivity contribution < 1.29 is 4.74 Å². The van der Waals surface area contributed by atoms with Crippen LogP contribution in [0.1, 0.15) is 24.8 Å². The Kier molecular flexibility index (Phi) is 4.54. The Balaban J connectivity index is 1.85. The maximum absolute atomic E-state index is 9.16. The average Bonchev–Trinajstić information content (AvgIpc) is 2.42. The van der Waals surface area contributed by atoms with Gasteiger partial charge in [-0.3, -0.25) is 5.32 Å². The van der Waals surface area contributed by atoms with Gasteiger partial charge >= 0.3 is 0 Å². The second kappa shape index (κ2) is 6.39. The molecule has 1 saturated heterocycles. The van der Waals surface area contributed by atoms with Crippen LogP contribution in [0.15, 0.2) is 30.3 Å². The van der Waals surface area contributed by atoms with Gasteiger partial charge < -0.3 is 4.74 Å². The summed E-state index contributed by atoms with van der Waals surface area (Å²) in [6, 6.07) is 12.2. The van der Waals surface area contributed by atoms with Gasteiger partial charge in [-0.1, -0.05) is 30.3 Å². The van der Waals surface area contributed by atoms with Crippen molar-refractivity contribution in [3.63, 3.8) is 0 Å². The molecule has 17 heavy (non-hydrogen) atoms. The molecule has 0 aromatic heterocycles. The summed E-state index contributed by atoms with van der Waals surface area (Å²) in [7, 11) is 0. The minimum Gasteiger partial charge on any atom is -0.375 e. The first kappa shape index (κ1) is 12.1. The molecule has 0 saturated carbocycles. The van der Waals surface area contributed by atoms with Crippen molar-refractivity contribution in [1.29, 1.82) is 5.26 Å². The first-order chi connectivity index (χ1) is 8.40. The molecule has 0 radical (unpaired) electrons. The fourth-order valence-electron chi connectivity index (χ4n) is 2.11. The molecule has 2 rings (SSSR count). The summed E-state index contributed by atoms with van der Waals surface area (Å²) in [5.41, 5.74) is 1.20.